The predicted octanol–water partition coefficient (Wildman–Crippen LogP) is 4.43. The lowest BCUT2D eigenvalue weighted by atomic mass is 9.94. The van der Waals surface area contributed by atoms with Crippen LogP contribution in [0.3, 0.4) is 0 Å². The topological polar surface area (TPSA) is 26.3 Å². The largest absolute Gasteiger partial charge is 0.484 e. The maximum absolute atomic E-state index is 12.3. The van der Waals surface area contributed by atoms with Crippen molar-refractivity contribution < 1.29 is 9.53 Å². The number of allylic oxidation sites excluding steroid dienone is 1. The summed E-state index contributed by atoms with van der Waals surface area (Å²) < 4.78 is 6.10. The number of rotatable bonds is 2. The first-order chi connectivity index (χ1) is 9.79. The van der Waals surface area contributed by atoms with Gasteiger partial charge in [-0.3, -0.25) is 4.79 Å². The second-order valence-electron chi connectivity index (χ2n) is 4.87. The molecule has 2 aromatic rings. The first kappa shape index (κ1) is 12.7. The van der Waals surface area contributed by atoms with Gasteiger partial charge in [-0.05, 0) is 18.6 Å². The molecule has 0 N–H and O–H groups in total. The Kier molecular flexibility index (Phi) is 3.38. The number of ether oxygens (including phenoxy) is 1. The van der Waals surface area contributed by atoms with E-state index >= 15 is 0 Å². The summed E-state index contributed by atoms with van der Waals surface area (Å²) in [4.78, 5) is 12.3. The van der Waals surface area contributed by atoms with Crippen molar-refractivity contribution >= 4 is 11.9 Å². The zero-order valence-electron chi connectivity index (χ0n) is 11.4. The van der Waals surface area contributed by atoms with Crippen molar-refractivity contribution in [1.29, 1.82) is 0 Å². The fourth-order valence-corrected chi connectivity index (χ4v) is 2.53. The minimum absolute atomic E-state index is 0.145. The Bertz CT molecular complexity index is 656. The van der Waals surface area contributed by atoms with Crippen LogP contribution in [-0.4, -0.2) is 5.78 Å². The van der Waals surface area contributed by atoms with Crippen LogP contribution in [0, 0.1) is 0 Å². The van der Waals surface area contributed by atoms with Crippen LogP contribution in [0.2, 0.25) is 0 Å². The van der Waals surface area contributed by atoms with E-state index in [1.807, 2.05) is 67.6 Å². The van der Waals surface area contributed by atoms with Crippen molar-refractivity contribution in [2.45, 2.75) is 19.4 Å². The van der Waals surface area contributed by atoms with Crippen LogP contribution in [0.1, 0.15) is 40.9 Å². The average Bonchev–Trinajstić information content (AvgIpc) is 2.49. The molecule has 20 heavy (non-hydrogen) atoms. The highest BCUT2D eigenvalue weighted by molar-refractivity contribution is 6.01. The summed E-state index contributed by atoms with van der Waals surface area (Å²) in [6, 6.07) is 15.6. The standard InChI is InChI=1S/C18H16O2/c1-2-7-14-10-6-11-15-16(19)12-17(20-18(14)15)13-8-4-3-5-9-13/h2-11,17H,12H2,1H3/b7-2-. The van der Waals surface area contributed by atoms with E-state index in [2.05, 4.69) is 0 Å². The highest BCUT2D eigenvalue weighted by Crippen LogP contribution is 2.37. The molecular formula is C18H16O2. The van der Waals surface area contributed by atoms with Crippen LogP contribution < -0.4 is 4.74 Å². The summed E-state index contributed by atoms with van der Waals surface area (Å²) in [6.45, 7) is 1.96. The van der Waals surface area contributed by atoms with Crippen molar-refractivity contribution in [3.8, 4) is 5.75 Å². The second-order valence-corrected chi connectivity index (χ2v) is 4.87. The van der Waals surface area contributed by atoms with Crippen molar-refractivity contribution in [2.75, 3.05) is 0 Å². The molecule has 2 heteroatoms. The fraction of sp³-hybridized carbons (Fsp3) is 0.167. The molecule has 0 saturated heterocycles. The Hall–Kier alpha value is -2.35. The summed E-state index contributed by atoms with van der Waals surface area (Å²) in [5, 5.41) is 0. The fourth-order valence-electron chi connectivity index (χ4n) is 2.53. The predicted molar refractivity (Wildman–Crippen MR) is 79.9 cm³/mol. The highest BCUT2D eigenvalue weighted by Gasteiger charge is 2.28. The van der Waals surface area contributed by atoms with Gasteiger partial charge in [-0.2, -0.15) is 0 Å². The Morgan fingerprint density at radius 3 is 2.65 bits per heavy atom. The minimum Gasteiger partial charge on any atom is -0.484 e. The number of Topliss-reactive ketones (excluding diaryl/α,β-unsaturated/α-hetero) is 1. The third-order valence-corrected chi connectivity index (χ3v) is 3.49. The molecule has 0 radical (unpaired) electrons. The molecule has 0 fully saturated rings. The first-order valence-electron chi connectivity index (χ1n) is 6.80. The Labute approximate surface area is 118 Å². The SMILES string of the molecule is C/C=C\c1cccc2c1OC(c1ccccc1)CC2=O. The van der Waals surface area contributed by atoms with Gasteiger partial charge in [0.25, 0.3) is 0 Å². The molecule has 0 saturated carbocycles. The lowest BCUT2D eigenvalue weighted by Crippen LogP contribution is -2.20. The van der Waals surface area contributed by atoms with Crippen molar-refractivity contribution in [1.82, 2.24) is 0 Å². The maximum Gasteiger partial charge on any atom is 0.170 e. The molecular weight excluding hydrogens is 248 g/mol. The van der Waals surface area contributed by atoms with Crippen LogP contribution in [0.25, 0.3) is 6.08 Å². The third kappa shape index (κ3) is 2.25. The number of carbonyl (C=O) groups excluding carboxylic acids is 1. The smallest absolute Gasteiger partial charge is 0.170 e. The van der Waals surface area contributed by atoms with E-state index in [0.717, 1.165) is 11.1 Å². The summed E-state index contributed by atoms with van der Waals surface area (Å²) in [5.41, 5.74) is 2.69. The van der Waals surface area contributed by atoms with Gasteiger partial charge in [0.2, 0.25) is 0 Å². The van der Waals surface area contributed by atoms with Gasteiger partial charge in [0.1, 0.15) is 11.9 Å². The van der Waals surface area contributed by atoms with Crippen molar-refractivity contribution in [3.63, 3.8) is 0 Å². The summed E-state index contributed by atoms with van der Waals surface area (Å²) in [7, 11) is 0. The molecule has 100 valence electrons. The van der Waals surface area contributed by atoms with Crippen LogP contribution in [0.4, 0.5) is 0 Å². The molecule has 0 aliphatic carbocycles. The molecule has 2 aromatic carbocycles. The second kappa shape index (κ2) is 5.33. The van der Waals surface area contributed by atoms with E-state index in [-0.39, 0.29) is 11.9 Å². The van der Waals surface area contributed by atoms with Crippen LogP contribution in [0.5, 0.6) is 5.75 Å². The number of para-hydroxylation sites is 1. The molecule has 0 bridgehead atoms. The molecule has 1 aliphatic rings. The van der Waals surface area contributed by atoms with E-state index in [1.54, 1.807) is 0 Å². The molecule has 2 nitrogen and oxygen atoms in total. The van der Waals surface area contributed by atoms with Gasteiger partial charge in [0.15, 0.2) is 5.78 Å². The van der Waals surface area contributed by atoms with Crippen LogP contribution in [0.15, 0.2) is 54.6 Å². The van der Waals surface area contributed by atoms with Gasteiger partial charge >= 0.3 is 0 Å². The normalized spacial score (nSPS) is 17.9. The van der Waals surface area contributed by atoms with Crippen LogP contribution >= 0.6 is 0 Å². The zero-order valence-corrected chi connectivity index (χ0v) is 11.4. The quantitative estimate of drug-likeness (QED) is 0.802. The van der Waals surface area contributed by atoms with Gasteiger partial charge in [-0.15, -0.1) is 0 Å². The Morgan fingerprint density at radius 1 is 1.10 bits per heavy atom. The van der Waals surface area contributed by atoms with Gasteiger partial charge in [-0.25, -0.2) is 0 Å². The van der Waals surface area contributed by atoms with E-state index in [4.69, 9.17) is 4.74 Å². The molecule has 0 aromatic heterocycles. The maximum atomic E-state index is 12.3. The molecule has 1 aliphatic heterocycles. The minimum atomic E-state index is -0.192. The molecule has 0 spiro atoms. The number of fused-ring (bicyclic) bond motifs is 1. The number of hydrogen-bond donors (Lipinski definition) is 0. The summed E-state index contributed by atoms with van der Waals surface area (Å²) in [6.07, 6.45) is 4.13. The molecule has 0 amide bonds. The van der Waals surface area contributed by atoms with Crippen molar-refractivity contribution in [3.05, 3.63) is 71.3 Å². The number of ketones is 1. The van der Waals surface area contributed by atoms with E-state index < -0.39 is 0 Å². The first-order valence-corrected chi connectivity index (χ1v) is 6.80. The molecule has 1 unspecified atom stereocenters. The number of carbonyl (C=O) groups is 1. The summed E-state index contributed by atoms with van der Waals surface area (Å²) in [5.74, 6) is 0.849. The number of benzene rings is 2. The monoisotopic (exact) mass is 264 g/mol. The lowest BCUT2D eigenvalue weighted by Gasteiger charge is -2.26. The highest BCUT2D eigenvalue weighted by atomic mass is 16.5. The lowest BCUT2D eigenvalue weighted by molar-refractivity contribution is 0.0849. The van der Waals surface area contributed by atoms with E-state index in [1.165, 1.54) is 0 Å². The number of hydrogen-bond acceptors (Lipinski definition) is 2. The Balaban J connectivity index is 2.03. The zero-order chi connectivity index (χ0) is 13.9. The molecule has 1 atom stereocenters. The van der Waals surface area contributed by atoms with Crippen LogP contribution in [-0.2, 0) is 0 Å². The van der Waals surface area contributed by atoms with Gasteiger partial charge < -0.3 is 4.74 Å². The van der Waals surface area contributed by atoms with E-state index in [9.17, 15) is 4.79 Å². The average molecular weight is 264 g/mol. The van der Waals surface area contributed by atoms with E-state index in [0.29, 0.717) is 17.7 Å². The van der Waals surface area contributed by atoms with Gasteiger partial charge in [0, 0.05) is 5.56 Å². The van der Waals surface area contributed by atoms with Gasteiger partial charge in [-0.1, -0.05) is 54.6 Å². The van der Waals surface area contributed by atoms with Crippen molar-refractivity contribution in [2.24, 2.45) is 0 Å². The Morgan fingerprint density at radius 2 is 1.90 bits per heavy atom. The third-order valence-electron chi connectivity index (χ3n) is 3.49. The molecule has 3 rings (SSSR count). The molecule has 1 heterocycles. The summed E-state index contributed by atoms with van der Waals surface area (Å²) >= 11 is 0. The van der Waals surface area contributed by atoms with Gasteiger partial charge in [0.05, 0.1) is 12.0 Å².